The van der Waals surface area contributed by atoms with Crippen molar-refractivity contribution in [2.75, 3.05) is 0 Å². The molecule has 4 nitrogen and oxygen atoms in total. The minimum atomic E-state index is -5.04. The van der Waals surface area contributed by atoms with E-state index in [2.05, 4.69) is 14.9 Å². The summed E-state index contributed by atoms with van der Waals surface area (Å²) in [5.41, 5.74) is -1.24. The van der Waals surface area contributed by atoms with Gasteiger partial charge in [-0.15, -0.1) is 18.3 Å². The molecule has 0 aromatic carbocycles. The van der Waals surface area contributed by atoms with E-state index in [1.165, 1.54) is 20.8 Å². The van der Waals surface area contributed by atoms with Gasteiger partial charge in [0, 0.05) is 5.41 Å². The zero-order chi connectivity index (χ0) is 15.1. The summed E-state index contributed by atoms with van der Waals surface area (Å²) in [5.74, 6) is -0.968. The van der Waals surface area contributed by atoms with Crippen molar-refractivity contribution in [3.63, 3.8) is 0 Å². The van der Waals surface area contributed by atoms with Crippen LogP contribution in [0, 0.1) is 0 Å². The summed E-state index contributed by atoms with van der Waals surface area (Å²) in [6.45, 7) is 2.87. The van der Waals surface area contributed by atoms with Crippen LogP contribution in [-0.2, 0) is 12.0 Å². The first-order valence-electron chi connectivity index (χ1n) is 5.06. The first-order chi connectivity index (χ1) is 8.28. The molecule has 19 heavy (non-hydrogen) atoms. The van der Waals surface area contributed by atoms with Crippen LogP contribution < -0.4 is 4.74 Å². The lowest BCUT2D eigenvalue weighted by molar-refractivity contribution is -0.276. The third-order valence-electron chi connectivity index (χ3n) is 1.87. The SMILES string of the molecule is CC(C)(C)c1nn(CC(F)(F)F)nc1OC(F)(F)F. The molecule has 1 aromatic heterocycles. The quantitative estimate of drug-likeness (QED) is 0.786. The number of hydrogen-bond acceptors (Lipinski definition) is 3. The molecule has 0 fully saturated rings. The highest BCUT2D eigenvalue weighted by molar-refractivity contribution is 5.23. The van der Waals surface area contributed by atoms with Crippen molar-refractivity contribution in [1.82, 2.24) is 15.0 Å². The van der Waals surface area contributed by atoms with Gasteiger partial charge in [0.25, 0.3) is 5.88 Å². The molecule has 1 rings (SSSR count). The largest absolute Gasteiger partial charge is 0.574 e. The second-order valence-electron chi connectivity index (χ2n) is 4.80. The first kappa shape index (κ1) is 15.6. The maximum absolute atomic E-state index is 12.2. The second kappa shape index (κ2) is 4.57. The molecule has 0 aliphatic rings. The van der Waals surface area contributed by atoms with Crippen LogP contribution in [0.15, 0.2) is 0 Å². The van der Waals surface area contributed by atoms with Crippen LogP contribution in [0.4, 0.5) is 26.3 Å². The molecule has 0 amide bonds. The van der Waals surface area contributed by atoms with Gasteiger partial charge in [0.15, 0.2) is 6.54 Å². The van der Waals surface area contributed by atoms with E-state index in [1.54, 1.807) is 0 Å². The Morgan fingerprint density at radius 2 is 1.53 bits per heavy atom. The predicted molar refractivity (Wildman–Crippen MR) is 51.5 cm³/mol. The van der Waals surface area contributed by atoms with Gasteiger partial charge in [0.2, 0.25) is 0 Å². The van der Waals surface area contributed by atoms with E-state index in [1.807, 2.05) is 0 Å². The Bertz CT molecular complexity index is 442. The summed E-state index contributed by atoms with van der Waals surface area (Å²) < 4.78 is 76.5. The lowest BCUT2D eigenvalue weighted by Gasteiger charge is -2.16. The van der Waals surface area contributed by atoms with Crippen molar-refractivity contribution in [1.29, 1.82) is 0 Å². The average Bonchev–Trinajstić information content (AvgIpc) is 2.39. The lowest BCUT2D eigenvalue weighted by Crippen LogP contribution is -2.21. The van der Waals surface area contributed by atoms with Gasteiger partial charge in [-0.1, -0.05) is 20.8 Å². The van der Waals surface area contributed by atoms with Gasteiger partial charge >= 0.3 is 12.5 Å². The topological polar surface area (TPSA) is 39.9 Å². The summed E-state index contributed by atoms with van der Waals surface area (Å²) in [7, 11) is 0. The van der Waals surface area contributed by atoms with E-state index in [0.29, 0.717) is 0 Å². The Morgan fingerprint density at radius 3 is 1.89 bits per heavy atom. The van der Waals surface area contributed by atoms with Gasteiger partial charge in [-0.05, 0) is 0 Å². The molecule has 0 spiro atoms. The molecule has 0 radical (unpaired) electrons. The lowest BCUT2D eigenvalue weighted by atomic mass is 9.93. The molecule has 0 aliphatic heterocycles. The summed E-state index contributed by atoms with van der Waals surface area (Å²) in [5, 5.41) is 6.50. The van der Waals surface area contributed by atoms with Gasteiger partial charge < -0.3 is 4.74 Å². The van der Waals surface area contributed by atoms with Crippen LogP contribution in [0.1, 0.15) is 26.5 Å². The van der Waals surface area contributed by atoms with E-state index in [0.717, 1.165) is 0 Å². The molecule has 10 heteroatoms. The van der Waals surface area contributed by atoms with Gasteiger partial charge in [-0.3, -0.25) is 0 Å². The fourth-order valence-electron chi connectivity index (χ4n) is 1.21. The summed E-state index contributed by atoms with van der Waals surface area (Å²) >= 11 is 0. The third kappa shape index (κ3) is 4.95. The molecular formula is C9H11F6N3O. The molecule has 0 N–H and O–H groups in total. The van der Waals surface area contributed by atoms with Crippen molar-refractivity contribution >= 4 is 0 Å². The summed E-state index contributed by atoms with van der Waals surface area (Å²) in [6.07, 6.45) is -9.68. The highest BCUT2D eigenvalue weighted by Crippen LogP contribution is 2.32. The Balaban J connectivity index is 3.14. The van der Waals surface area contributed by atoms with Crippen LogP contribution in [-0.4, -0.2) is 27.5 Å². The van der Waals surface area contributed by atoms with E-state index < -0.39 is 30.4 Å². The minimum absolute atomic E-state index is 0.141. The predicted octanol–water partition coefficient (Wildman–Crippen LogP) is 3.04. The monoisotopic (exact) mass is 291 g/mol. The number of hydrogen-bond donors (Lipinski definition) is 0. The number of ether oxygens (including phenoxy) is 1. The molecular weight excluding hydrogens is 280 g/mol. The number of alkyl halides is 6. The maximum atomic E-state index is 12.2. The van der Waals surface area contributed by atoms with Gasteiger partial charge in [0.05, 0.1) is 0 Å². The smallest absolute Gasteiger partial charge is 0.384 e. The van der Waals surface area contributed by atoms with Crippen LogP contribution in [0.25, 0.3) is 0 Å². The van der Waals surface area contributed by atoms with E-state index in [4.69, 9.17) is 0 Å². The highest BCUT2D eigenvalue weighted by Gasteiger charge is 2.38. The van der Waals surface area contributed by atoms with Crippen LogP contribution >= 0.6 is 0 Å². The van der Waals surface area contributed by atoms with Crippen molar-refractivity contribution in [2.24, 2.45) is 0 Å². The molecule has 0 aliphatic carbocycles. The number of nitrogens with zero attached hydrogens (tertiary/aromatic N) is 3. The molecule has 1 heterocycles. The normalized spacial score (nSPS) is 13.7. The van der Waals surface area contributed by atoms with E-state index in [-0.39, 0.29) is 10.5 Å². The van der Waals surface area contributed by atoms with Crippen molar-refractivity contribution in [2.45, 2.75) is 45.3 Å². The van der Waals surface area contributed by atoms with Crippen molar-refractivity contribution < 1.29 is 31.1 Å². The minimum Gasteiger partial charge on any atom is -0.384 e. The number of aromatic nitrogens is 3. The van der Waals surface area contributed by atoms with E-state index >= 15 is 0 Å². The molecule has 0 saturated carbocycles. The second-order valence-corrected chi connectivity index (χ2v) is 4.80. The zero-order valence-electron chi connectivity index (χ0n) is 10.2. The van der Waals surface area contributed by atoms with Crippen molar-refractivity contribution in [3.05, 3.63) is 5.69 Å². The number of halogens is 6. The average molecular weight is 291 g/mol. The Kier molecular flexibility index (Phi) is 3.74. The molecule has 0 bridgehead atoms. The summed E-state index contributed by atoms with van der Waals surface area (Å²) in [4.78, 5) is 0.141. The standard InChI is InChI=1S/C9H11F6N3O/c1-7(2,3)5-6(19-9(13,14)15)17-18(16-5)4-8(10,11)12/h4H2,1-3H3. The maximum Gasteiger partial charge on any atom is 0.574 e. The van der Waals surface area contributed by atoms with Gasteiger partial charge in [-0.25, -0.2) is 0 Å². The van der Waals surface area contributed by atoms with Crippen LogP contribution in [0.3, 0.4) is 0 Å². The van der Waals surface area contributed by atoms with E-state index in [9.17, 15) is 26.3 Å². The molecule has 1 aromatic rings. The Morgan fingerprint density at radius 1 is 1.00 bits per heavy atom. The third-order valence-corrected chi connectivity index (χ3v) is 1.87. The van der Waals surface area contributed by atoms with Crippen LogP contribution in [0.5, 0.6) is 5.88 Å². The summed E-state index contributed by atoms with van der Waals surface area (Å²) in [6, 6.07) is 0. The molecule has 0 unspecified atom stereocenters. The fourth-order valence-corrected chi connectivity index (χ4v) is 1.21. The Hall–Kier alpha value is -1.48. The Labute approximate surface area is 104 Å². The molecule has 0 saturated heterocycles. The van der Waals surface area contributed by atoms with Crippen molar-refractivity contribution in [3.8, 4) is 5.88 Å². The highest BCUT2D eigenvalue weighted by atomic mass is 19.4. The molecule has 110 valence electrons. The van der Waals surface area contributed by atoms with Gasteiger partial charge in [-0.2, -0.15) is 23.1 Å². The number of rotatable bonds is 2. The fraction of sp³-hybridized carbons (Fsp3) is 0.778. The van der Waals surface area contributed by atoms with Gasteiger partial charge in [0.1, 0.15) is 5.69 Å². The van der Waals surface area contributed by atoms with Crippen LogP contribution in [0.2, 0.25) is 0 Å². The zero-order valence-corrected chi connectivity index (χ0v) is 10.2. The first-order valence-corrected chi connectivity index (χ1v) is 5.06. The molecule has 0 atom stereocenters.